The van der Waals surface area contributed by atoms with E-state index in [9.17, 15) is 9.59 Å². The number of carbonyl (C=O) groups excluding carboxylic acids is 2. The summed E-state index contributed by atoms with van der Waals surface area (Å²) in [6, 6.07) is 13.2. The summed E-state index contributed by atoms with van der Waals surface area (Å²) in [5.41, 5.74) is 3.09. The van der Waals surface area contributed by atoms with Crippen LogP contribution < -0.4 is 10.2 Å². The van der Waals surface area contributed by atoms with Crippen molar-refractivity contribution in [2.75, 3.05) is 24.7 Å². The monoisotopic (exact) mass is 449 g/mol. The van der Waals surface area contributed by atoms with Crippen molar-refractivity contribution in [1.29, 1.82) is 0 Å². The Labute approximate surface area is 194 Å². The second kappa shape index (κ2) is 9.27. The molecular weight excluding hydrogens is 418 g/mol. The van der Waals surface area contributed by atoms with Crippen LogP contribution in [-0.2, 0) is 16.1 Å². The summed E-state index contributed by atoms with van der Waals surface area (Å²) in [5.74, 6) is 0.248. The molecule has 1 N–H and O–H groups in total. The lowest BCUT2D eigenvalue weighted by Gasteiger charge is -2.44. The fourth-order valence-corrected chi connectivity index (χ4v) is 4.33. The van der Waals surface area contributed by atoms with Gasteiger partial charge in [-0.05, 0) is 81.6 Å². The molecule has 0 bridgehead atoms. The van der Waals surface area contributed by atoms with Crippen LogP contribution >= 0.6 is 0 Å². The van der Waals surface area contributed by atoms with Crippen LogP contribution in [0.5, 0.6) is 0 Å². The molecule has 1 atom stereocenters. The van der Waals surface area contributed by atoms with E-state index in [1.165, 1.54) is 0 Å². The van der Waals surface area contributed by atoms with E-state index in [-0.39, 0.29) is 11.8 Å². The van der Waals surface area contributed by atoms with Crippen molar-refractivity contribution in [3.63, 3.8) is 0 Å². The van der Waals surface area contributed by atoms with E-state index in [1.54, 1.807) is 17.2 Å². The number of aromatic nitrogens is 1. The molecule has 3 aromatic rings. The first-order valence-electron chi connectivity index (χ1n) is 11.4. The number of rotatable bonds is 8. The van der Waals surface area contributed by atoms with Crippen molar-refractivity contribution >= 4 is 17.5 Å². The van der Waals surface area contributed by atoms with Gasteiger partial charge in [0.15, 0.2) is 0 Å². The van der Waals surface area contributed by atoms with E-state index in [1.807, 2.05) is 68.7 Å². The summed E-state index contributed by atoms with van der Waals surface area (Å²) < 4.78 is 12.9. The zero-order chi connectivity index (χ0) is 23.6. The van der Waals surface area contributed by atoms with Gasteiger partial charge in [0.2, 0.25) is 5.91 Å². The molecule has 2 amide bonds. The predicted octanol–water partition coefficient (Wildman–Crippen LogP) is 4.33. The van der Waals surface area contributed by atoms with Crippen molar-refractivity contribution in [3.8, 4) is 11.5 Å². The Morgan fingerprint density at radius 2 is 1.94 bits per heavy atom. The maximum atomic E-state index is 13.8. The molecule has 3 heterocycles. The standard InChI is InChI=1S/C26H31N3O4/c1-5-32-14-7-13-27-25(31)26(4)17-28-21(23-8-6-15-33-23)11-12-22(28)24(30)29(26)20-10-9-18(2)19(3)16-20/h6,8-12,15-16H,5,7,13-14,17H2,1-4H3,(H,27,31). The van der Waals surface area contributed by atoms with Gasteiger partial charge >= 0.3 is 0 Å². The Balaban J connectivity index is 1.73. The summed E-state index contributed by atoms with van der Waals surface area (Å²) in [6.07, 6.45) is 2.31. The lowest BCUT2D eigenvalue weighted by atomic mass is 9.93. The molecule has 1 aromatic carbocycles. The fraction of sp³-hybridized carbons (Fsp3) is 0.385. The molecule has 0 fully saturated rings. The van der Waals surface area contributed by atoms with Gasteiger partial charge in [-0.1, -0.05) is 6.07 Å². The average molecular weight is 450 g/mol. The third kappa shape index (κ3) is 4.20. The molecular formula is C26H31N3O4. The molecule has 0 spiro atoms. The topological polar surface area (TPSA) is 76.7 Å². The molecule has 1 unspecified atom stereocenters. The smallest absolute Gasteiger partial charge is 0.275 e. The van der Waals surface area contributed by atoms with Crippen LogP contribution in [0.15, 0.2) is 53.1 Å². The highest BCUT2D eigenvalue weighted by molar-refractivity contribution is 6.12. The second-order valence-corrected chi connectivity index (χ2v) is 8.66. The quantitative estimate of drug-likeness (QED) is 0.520. The largest absolute Gasteiger partial charge is 0.463 e. The highest BCUT2D eigenvalue weighted by Crippen LogP contribution is 2.37. The Bertz CT molecular complexity index is 1150. The Morgan fingerprint density at radius 1 is 1.15 bits per heavy atom. The van der Waals surface area contributed by atoms with E-state index in [0.29, 0.717) is 49.9 Å². The van der Waals surface area contributed by atoms with Gasteiger partial charge in [0.25, 0.3) is 5.91 Å². The van der Waals surface area contributed by atoms with Crippen LogP contribution in [0.1, 0.15) is 41.9 Å². The number of hydrogen-bond donors (Lipinski definition) is 1. The van der Waals surface area contributed by atoms with Crippen molar-refractivity contribution in [3.05, 3.63) is 65.5 Å². The van der Waals surface area contributed by atoms with Crippen LogP contribution in [0.4, 0.5) is 5.69 Å². The van der Waals surface area contributed by atoms with Gasteiger partial charge < -0.3 is 19.0 Å². The minimum Gasteiger partial charge on any atom is -0.463 e. The number of carbonyl (C=O) groups is 2. The van der Waals surface area contributed by atoms with Gasteiger partial charge in [-0.25, -0.2) is 0 Å². The number of ether oxygens (including phenoxy) is 1. The van der Waals surface area contributed by atoms with Crippen molar-refractivity contribution < 1.29 is 18.7 Å². The first-order chi connectivity index (χ1) is 15.9. The van der Waals surface area contributed by atoms with Crippen LogP contribution in [0.3, 0.4) is 0 Å². The number of anilines is 1. The molecule has 0 radical (unpaired) electrons. The van der Waals surface area contributed by atoms with E-state index in [2.05, 4.69) is 5.32 Å². The number of fused-ring (bicyclic) bond motifs is 1. The Kier molecular flexibility index (Phi) is 6.42. The number of amides is 2. The third-order valence-electron chi connectivity index (χ3n) is 6.33. The van der Waals surface area contributed by atoms with Crippen molar-refractivity contribution in [1.82, 2.24) is 9.88 Å². The molecule has 1 aliphatic heterocycles. The van der Waals surface area contributed by atoms with Crippen LogP contribution in [-0.4, -0.2) is 41.7 Å². The summed E-state index contributed by atoms with van der Waals surface area (Å²) >= 11 is 0. The third-order valence-corrected chi connectivity index (χ3v) is 6.33. The molecule has 4 rings (SSSR count). The van der Waals surface area contributed by atoms with Crippen molar-refractivity contribution in [2.45, 2.75) is 46.2 Å². The molecule has 1 aliphatic rings. The molecule has 33 heavy (non-hydrogen) atoms. The minimum absolute atomic E-state index is 0.199. The fourth-order valence-electron chi connectivity index (χ4n) is 4.33. The lowest BCUT2D eigenvalue weighted by molar-refractivity contribution is -0.126. The van der Waals surface area contributed by atoms with E-state index >= 15 is 0 Å². The normalized spacial score (nSPS) is 17.8. The zero-order valence-corrected chi connectivity index (χ0v) is 19.7. The maximum absolute atomic E-state index is 13.8. The van der Waals surface area contributed by atoms with Gasteiger partial charge in [-0.3, -0.25) is 14.5 Å². The molecule has 0 saturated heterocycles. The highest BCUT2D eigenvalue weighted by Gasteiger charge is 2.48. The first kappa shape index (κ1) is 22.9. The maximum Gasteiger partial charge on any atom is 0.275 e. The number of furan rings is 1. The number of benzene rings is 1. The summed E-state index contributed by atoms with van der Waals surface area (Å²) in [6.45, 7) is 9.82. The van der Waals surface area contributed by atoms with E-state index in [4.69, 9.17) is 9.15 Å². The summed E-state index contributed by atoms with van der Waals surface area (Å²) in [4.78, 5) is 29.0. The summed E-state index contributed by atoms with van der Waals surface area (Å²) in [5, 5.41) is 3.03. The SMILES string of the molecule is CCOCCCNC(=O)C1(C)Cn2c(ccc2-c2ccco2)C(=O)N1c1ccc(C)c(C)c1. The van der Waals surface area contributed by atoms with Gasteiger partial charge in [0.1, 0.15) is 17.0 Å². The van der Waals surface area contributed by atoms with E-state index < -0.39 is 5.54 Å². The van der Waals surface area contributed by atoms with Gasteiger partial charge in [-0.2, -0.15) is 0 Å². The highest BCUT2D eigenvalue weighted by atomic mass is 16.5. The number of hydrogen-bond acceptors (Lipinski definition) is 4. The van der Waals surface area contributed by atoms with Crippen LogP contribution in [0, 0.1) is 13.8 Å². The van der Waals surface area contributed by atoms with Gasteiger partial charge in [0.05, 0.1) is 18.5 Å². The molecule has 7 nitrogen and oxygen atoms in total. The number of nitrogens with one attached hydrogen (secondary N) is 1. The lowest BCUT2D eigenvalue weighted by Crippen LogP contribution is -2.64. The Morgan fingerprint density at radius 3 is 2.64 bits per heavy atom. The molecule has 2 aromatic heterocycles. The first-order valence-corrected chi connectivity index (χ1v) is 11.4. The number of aryl methyl sites for hydroxylation is 2. The zero-order valence-electron chi connectivity index (χ0n) is 19.7. The second-order valence-electron chi connectivity index (χ2n) is 8.66. The van der Waals surface area contributed by atoms with Crippen LogP contribution in [0.2, 0.25) is 0 Å². The number of nitrogens with zero attached hydrogens (tertiary/aromatic N) is 2. The summed E-state index contributed by atoms with van der Waals surface area (Å²) in [7, 11) is 0. The molecule has 0 aliphatic carbocycles. The Hall–Kier alpha value is -3.32. The van der Waals surface area contributed by atoms with Crippen LogP contribution in [0.25, 0.3) is 11.5 Å². The average Bonchev–Trinajstić information content (AvgIpc) is 3.45. The van der Waals surface area contributed by atoms with E-state index in [0.717, 1.165) is 16.8 Å². The van der Waals surface area contributed by atoms with Crippen molar-refractivity contribution in [2.24, 2.45) is 0 Å². The predicted molar refractivity (Wildman–Crippen MR) is 127 cm³/mol. The molecule has 7 heteroatoms. The molecule has 174 valence electrons. The van der Waals surface area contributed by atoms with Gasteiger partial charge in [-0.15, -0.1) is 0 Å². The molecule has 0 saturated carbocycles. The minimum atomic E-state index is -1.13. The van der Waals surface area contributed by atoms with Gasteiger partial charge in [0, 0.05) is 25.4 Å².